The molecule has 0 heterocycles. The van der Waals surface area contributed by atoms with Crippen LogP contribution in [0.15, 0.2) is 10.2 Å². The molecule has 0 saturated carbocycles. The summed E-state index contributed by atoms with van der Waals surface area (Å²) in [5, 5.41) is 17.7. The molecule has 0 radical (unpaired) electrons. The predicted molar refractivity (Wildman–Crippen MR) is 50.0 cm³/mol. The molecule has 0 aromatic heterocycles. The van der Waals surface area contributed by atoms with Crippen LogP contribution in [0.3, 0.4) is 0 Å². The molecule has 2 nitrogen and oxygen atoms in total. The van der Waals surface area contributed by atoms with Crippen molar-refractivity contribution in [3.8, 4) is 0 Å². The maximum absolute atomic E-state index is 9.23. The van der Waals surface area contributed by atoms with Gasteiger partial charge in [-0.15, -0.1) is 0 Å². The lowest BCUT2D eigenvalue weighted by Crippen LogP contribution is -2.16. The van der Waals surface area contributed by atoms with Crippen LogP contribution in [0.25, 0.3) is 0 Å². The average molecular weight is 256 g/mol. The Kier molecular flexibility index (Phi) is 6.36. The second-order valence-electron chi connectivity index (χ2n) is 2.26. The number of aliphatic hydroxyl groups excluding tert-OH is 2. The van der Waals surface area contributed by atoms with Gasteiger partial charge < -0.3 is 10.2 Å². The molecule has 10 heavy (non-hydrogen) atoms. The van der Waals surface area contributed by atoms with Crippen molar-refractivity contribution in [3.63, 3.8) is 0 Å². The minimum Gasteiger partial charge on any atom is -0.396 e. The lowest BCUT2D eigenvalue weighted by Gasteiger charge is -2.12. The molecule has 0 aliphatic heterocycles. The molecule has 0 amide bonds. The van der Waals surface area contributed by atoms with Crippen molar-refractivity contribution in [2.24, 2.45) is 5.92 Å². The molecule has 0 bridgehead atoms. The Morgan fingerprint density at radius 3 is 2.60 bits per heavy atom. The van der Waals surface area contributed by atoms with Gasteiger partial charge in [-0.2, -0.15) is 0 Å². The normalized spacial score (nSPS) is 17.6. The molecule has 0 aliphatic carbocycles. The summed E-state index contributed by atoms with van der Waals surface area (Å²) in [4.78, 5) is 0. The standard InChI is InChI=1S/C7H13IO2/c1-6(2-4-8)7(10)3-5-9/h2,4,6-7,9-10H,3,5H2,1H3/b4-2-/t6-,7-/m0/s1. The summed E-state index contributed by atoms with van der Waals surface area (Å²) in [7, 11) is 0. The van der Waals surface area contributed by atoms with Crippen LogP contribution in [0.1, 0.15) is 13.3 Å². The van der Waals surface area contributed by atoms with Gasteiger partial charge in [0.25, 0.3) is 0 Å². The third-order valence-electron chi connectivity index (χ3n) is 1.41. The van der Waals surface area contributed by atoms with Crippen molar-refractivity contribution >= 4 is 22.6 Å². The minimum atomic E-state index is -0.406. The van der Waals surface area contributed by atoms with Crippen LogP contribution in [-0.2, 0) is 0 Å². The van der Waals surface area contributed by atoms with Crippen molar-refractivity contribution in [1.29, 1.82) is 0 Å². The maximum Gasteiger partial charge on any atom is 0.0622 e. The minimum absolute atomic E-state index is 0.0561. The first-order valence-corrected chi connectivity index (χ1v) is 4.52. The zero-order valence-corrected chi connectivity index (χ0v) is 8.15. The monoisotopic (exact) mass is 256 g/mol. The second kappa shape index (κ2) is 6.12. The Bertz CT molecular complexity index is 104. The zero-order valence-electron chi connectivity index (χ0n) is 6.00. The zero-order chi connectivity index (χ0) is 7.98. The van der Waals surface area contributed by atoms with Gasteiger partial charge in [-0.3, -0.25) is 0 Å². The molecular formula is C7H13IO2. The van der Waals surface area contributed by atoms with Crippen molar-refractivity contribution < 1.29 is 10.2 Å². The van der Waals surface area contributed by atoms with E-state index in [9.17, 15) is 5.11 Å². The maximum atomic E-state index is 9.23. The van der Waals surface area contributed by atoms with Crippen LogP contribution in [0.2, 0.25) is 0 Å². The van der Waals surface area contributed by atoms with Crippen LogP contribution in [0.4, 0.5) is 0 Å². The Morgan fingerprint density at radius 2 is 2.20 bits per heavy atom. The lowest BCUT2D eigenvalue weighted by atomic mass is 10.0. The van der Waals surface area contributed by atoms with E-state index in [0.29, 0.717) is 6.42 Å². The smallest absolute Gasteiger partial charge is 0.0622 e. The summed E-state index contributed by atoms with van der Waals surface area (Å²) >= 11 is 2.11. The summed E-state index contributed by atoms with van der Waals surface area (Å²) in [5.41, 5.74) is 0. The van der Waals surface area contributed by atoms with Gasteiger partial charge in [0.15, 0.2) is 0 Å². The third-order valence-corrected chi connectivity index (χ3v) is 1.82. The number of hydrogen-bond acceptors (Lipinski definition) is 2. The van der Waals surface area contributed by atoms with Gasteiger partial charge in [0.1, 0.15) is 0 Å². The van der Waals surface area contributed by atoms with Crippen LogP contribution in [0.5, 0.6) is 0 Å². The molecule has 0 aromatic carbocycles. The molecule has 2 atom stereocenters. The van der Waals surface area contributed by atoms with E-state index in [2.05, 4.69) is 22.6 Å². The molecule has 0 rings (SSSR count). The van der Waals surface area contributed by atoms with Crippen LogP contribution >= 0.6 is 22.6 Å². The lowest BCUT2D eigenvalue weighted by molar-refractivity contribution is 0.103. The number of aliphatic hydroxyl groups is 2. The fourth-order valence-corrected chi connectivity index (χ4v) is 1.29. The highest BCUT2D eigenvalue weighted by Gasteiger charge is 2.08. The van der Waals surface area contributed by atoms with E-state index in [1.807, 2.05) is 17.1 Å². The van der Waals surface area contributed by atoms with E-state index in [4.69, 9.17) is 5.11 Å². The Balaban J connectivity index is 3.58. The summed E-state index contributed by atoms with van der Waals surface area (Å²) in [6, 6.07) is 0. The fourth-order valence-electron chi connectivity index (χ4n) is 0.638. The highest BCUT2D eigenvalue weighted by molar-refractivity contribution is 14.1. The highest BCUT2D eigenvalue weighted by atomic mass is 127. The molecular weight excluding hydrogens is 243 g/mol. The van der Waals surface area contributed by atoms with Crippen molar-refractivity contribution in [2.75, 3.05) is 6.61 Å². The van der Waals surface area contributed by atoms with E-state index >= 15 is 0 Å². The van der Waals surface area contributed by atoms with E-state index in [1.54, 1.807) is 0 Å². The predicted octanol–water partition coefficient (Wildman–Crippen LogP) is 1.31. The van der Waals surface area contributed by atoms with Crippen LogP contribution in [-0.4, -0.2) is 22.9 Å². The number of hydrogen-bond donors (Lipinski definition) is 2. The Hall–Kier alpha value is 0.390. The van der Waals surface area contributed by atoms with Crippen molar-refractivity contribution in [1.82, 2.24) is 0 Å². The fraction of sp³-hybridized carbons (Fsp3) is 0.714. The van der Waals surface area contributed by atoms with Gasteiger partial charge in [-0.05, 0) is 10.5 Å². The molecule has 0 unspecified atom stereocenters. The van der Waals surface area contributed by atoms with Crippen molar-refractivity contribution in [2.45, 2.75) is 19.4 Å². The molecule has 2 N–H and O–H groups in total. The molecule has 0 aromatic rings. The molecule has 0 aliphatic rings. The number of halogens is 1. The second-order valence-corrected chi connectivity index (χ2v) is 2.98. The van der Waals surface area contributed by atoms with Crippen LogP contribution in [0, 0.1) is 5.92 Å². The number of rotatable bonds is 4. The van der Waals surface area contributed by atoms with E-state index in [1.165, 1.54) is 0 Å². The third kappa shape index (κ3) is 4.24. The summed E-state index contributed by atoms with van der Waals surface area (Å²) in [6.45, 7) is 1.98. The average Bonchev–Trinajstić information content (AvgIpc) is 1.89. The summed E-state index contributed by atoms with van der Waals surface area (Å²) in [6.07, 6.45) is 1.97. The summed E-state index contributed by atoms with van der Waals surface area (Å²) < 4.78 is 1.88. The van der Waals surface area contributed by atoms with E-state index < -0.39 is 6.10 Å². The van der Waals surface area contributed by atoms with Crippen LogP contribution < -0.4 is 0 Å². The Labute approximate surface area is 75.1 Å². The van der Waals surface area contributed by atoms with Gasteiger partial charge >= 0.3 is 0 Å². The van der Waals surface area contributed by atoms with Crippen molar-refractivity contribution in [3.05, 3.63) is 10.2 Å². The summed E-state index contributed by atoms with van der Waals surface area (Å²) in [5.74, 6) is 0.143. The first kappa shape index (κ1) is 10.4. The van der Waals surface area contributed by atoms with Gasteiger partial charge in [0, 0.05) is 12.5 Å². The largest absolute Gasteiger partial charge is 0.396 e. The molecule has 3 heteroatoms. The Morgan fingerprint density at radius 1 is 1.60 bits per heavy atom. The first-order valence-electron chi connectivity index (χ1n) is 3.28. The van der Waals surface area contributed by atoms with Gasteiger partial charge in [-0.1, -0.05) is 35.6 Å². The molecule has 0 spiro atoms. The SMILES string of the molecule is C[C@@H](/C=C\I)[C@@H](O)CCO. The van der Waals surface area contributed by atoms with Gasteiger partial charge in [0.2, 0.25) is 0 Å². The highest BCUT2D eigenvalue weighted by Crippen LogP contribution is 2.08. The van der Waals surface area contributed by atoms with E-state index in [-0.39, 0.29) is 12.5 Å². The first-order chi connectivity index (χ1) is 4.72. The molecule has 0 fully saturated rings. The quantitative estimate of drug-likeness (QED) is 0.744. The van der Waals surface area contributed by atoms with Gasteiger partial charge in [-0.25, -0.2) is 0 Å². The molecule has 60 valence electrons. The van der Waals surface area contributed by atoms with Gasteiger partial charge in [0.05, 0.1) is 6.10 Å². The topological polar surface area (TPSA) is 40.5 Å². The van der Waals surface area contributed by atoms with E-state index in [0.717, 1.165) is 0 Å². The molecule has 0 saturated heterocycles.